The molecule has 2 aliphatic rings. The number of aliphatic hydroxyl groups excluding tert-OH is 1. The van der Waals surface area contributed by atoms with Crippen molar-refractivity contribution in [1.82, 2.24) is 9.21 Å². The molecular weight excluding hydrogens is 288 g/mol. The molecule has 0 radical (unpaired) electrons. The monoisotopic (exact) mass is 310 g/mol. The van der Waals surface area contributed by atoms with E-state index >= 15 is 0 Å². The summed E-state index contributed by atoms with van der Waals surface area (Å²) in [6.45, 7) is 2.93. The lowest BCUT2D eigenvalue weighted by atomic mass is 10.0. The van der Waals surface area contributed by atoms with Crippen LogP contribution in [0, 0.1) is 0 Å². The number of piperidine rings is 1. The van der Waals surface area contributed by atoms with Gasteiger partial charge in [0.15, 0.2) is 0 Å². The molecule has 0 saturated carbocycles. The third-order valence-corrected chi connectivity index (χ3v) is 6.38. The van der Waals surface area contributed by atoms with Gasteiger partial charge >= 0.3 is 0 Å². The van der Waals surface area contributed by atoms with Crippen molar-refractivity contribution in [2.24, 2.45) is 0 Å². The molecule has 1 atom stereocenters. The number of sulfonamides is 1. The molecule has 3 rings (SSSR count). The topological polar surface area (TPSA) is 60.9 Å². The fourth-order valence-corrected chi connectivity index (χ4v) is 4.84. The van der Waals surface area contributed by atoms with Crippen LogP contribution >= 0.6 is 0 Å². The molecule has 2 fully saturated rings. The van der Waals surface area contributed by atoms with Crippen molar-refractivity contribution in [2.45, 2.75) is 36.8 Å². The largest absolute Gasteiger partial charge is 0.392 e. The van der Waals surface area contributed by atoms with E-state index in [2.05, 4.69) is 4.90 Å². The highest BCUT2D eigenvalue weighted by Crippen LogP contribution is 2.25. The Kier molecular flexibility index (Phi) is 4.31. The predicted octanol–water partition coefficient (Wildman–Crippen LogP) is 1.04. The lowest BCUT2D eigenvalue weighted by Gasteiger charge is -2.43. The average molecular weight is 310 g/mol. The van der Waals surface area contributed by atoms with Gasteiger partial charge in [-0.2, -0.15) is 4.31 Å². The Morgan fingerprint density at radius 3 is 2.86 bits per heavy atom. The van der Waals surface area contributed by atoms with E-state index in [-0.39, 0.29) is 6.61 Å². The number of benzene rings is 1. The van der Waals surface area contributed by atoms with Gasteiger partial charge in [-0.1, -0.05) is 18.6 Å². The van der Waals surface area contributed by atoms with Gasteiger partial charge in [-0.3, -0.25) is 4.90 Å². The summed E-state index contributed by atoms with van der Waals surface area (Å²) < 4.78 is 27.1. The first-order valence-electron chi connectivity index (χ1n) is 7.55. The van der Waals surface area contributed by atoms with Crippen molar-refractivity contribution in [3.63, 3.8) is 0 Å². The van der Waals surface area contributed by atoms with E-state index in [1.54, 1.807) is 28.6 Å². The van der Waals surface area contributed by atoms with Crippen molar-refractivity contribution in [1.29, 1.82) is 0 Å². The van der Waals surface area contributed by atoms with Gasteiger partial charge in [0.1, 0.15) is 0 Å². The van der Waals surface area contributed by atoms with Crippen molar-refractivity contribution in [3.8, 4) is 0 Å². The molecule has 0 aromatic heterocycles. The summed E-state index contributed by atoms with van der Waals surface area (Å²) in [5.41, 5.74) is 0.632. The number of fused-ring (bicyclic) bond motifs is 1. The molecule has 0 spiro atoms. The molecular formula is C15H22N2O3S. The smallest absolute Gasteiger partial charge is 0.243 e. The Balaban J connectivity index is 1.81. The minimum absolute atomic E-state index is 0.139. The SMILES string of the molecule is O=S(=O)(c1cccc(CO)c1)N1CCN2CCCCC2C1. The van der Waals surface area contributed by atoms with Crippen LogP contribution in [-0.4, -0.2) is 55.0 Å². The maximum Gasteiger partial charge on any atom is 0.243 e. The van der Waals surface area contributed by atoms with E-state index in [9.17, 15) is 13.5 Å². The summed E-state index contributed by atoms with van der Waals surface area (Å²) in [6.07, 6.45) is 3.50. The van der Waals surface area contributed by atoms with Crippen LogP contribution in [0.3, 0.4) is 0 Å². The highest BCUT2D eigenvalue weighted by atomic mass is 32.2. The second-order valence-corrected chi connectivity index (χ2v) is 7.79. The summed E-state index contributed by atoms with van der Waals surface area (Å²) in [5, 5.41) is 9.18. The highest BCUT2D eigenvalue weighted by Gasteiger charge is 2.35. The van der Waals surface area contributed by atoms with Gasteiger partial charge < -0.3 is 5.11 Å². The summed E-state index contributed by atoms with van der Waals surface area (Å²) >= 11 is 0. The molecule has 5 nitrogen and oxygen atoms in total. The lowest BCUT2D eigenvalue weighted by molar-refractivity contribution is 0.0851. The Morgan fingerprint density at radius 1 is 1.19 bits per heavy atom. The quantitative estimate of drug-likeness (QED) is 0.906. The number of aliphatic hydroxyl groups is 1. The zero-order valence-electron chi connectivity index (χ0n) is 12.1. The molecule has 116 valence electrons. The predicted molar refractivity (Wildman–Crippen MR) is 80.3 cm³/mol. The number of piperazine rings is 1. The van der Waals surface area contributed by atoms with Crippen LogP contribution < -0.4 is 0 Å². The van der Waals surface area contributed by atoms with E-state index in [1.165, 1.54) is 12.8 Å². The summed E-state index contributed by atoms with van der Waals surface area (Å²) in [7, 11) is -3.45. The number of hydrogen-bond acceptors (Lipinski definition) is 4. The summed E-state index contributed by atoms with van der Waals surface area (Å²) in [6, 6.07) is 6.97. The Bertz CT molecular complexity index is 603. The van der Waals surface area contributed by atoms with Crippen LogP contribution in [0.15, 0.2) is 29.2 Å². The van der Waals surface area contributed by atoms with Crippen LogP contribution in [0.1, 0.15) is 24.8 Å². The maximum absolute atomic E-state index is 12.8. The van der Waals surface area contributed by atoms with Crippen molar-refractivity contribution in [3.05, 3.63) is 29.8 Å². The molecule has 2 heterocycles. The fraction of sp³-hybridized carbons (Fsp3) is 0.600. The molecule has 0 bridgehead atoms. The molecule has 2 aliphatic heterocycles. The molecule has 1 aromatic rings. The van der Waals surface area contributed by atoms with E-state index < -0.39 is 10.0 Å². The van der Waals surface area contributed by atoms with E-state index in [1.807, 2.05) is 0 Å². The molecule has 2 saturated heterocycles. The Morgan fingerprint density at radius 2 is 2.05 bits per heavy atom. The molecule has 1 aromatic carbocycles. The number of nitrogens with zero attached hydrogens (tertiary/aromatic N) is 2. The first-order valence-corrected chi connectivity index (χ1v) is 8.99. The second-order valence-electron chi connectivity index (χ2n) is 5.85. The standard InChI is InChI=1S/C15H22N2O3S/c18-12-13-4-3-6-15(10-13)21(19,20)17-9-8-16-7-2-1-5-14(16)11-17/h3-4,6,10,14,18H,1-2,5,7-9,11-12H2. The van der Waals surface area contributed by atoms with Gasteiger partial charge in [-0.05, 0) is 37.1 Å². The average Bonchev–Trinajstić information content (AvgIpc) is 2.54. The van der Waals surface area contributed by atoms with Crippen LogP contribution in [0.5, 0.6) is 0 Å². The van der Waals surface area contributed by atoms with E-state index in [0.717, 1.165) is 19.5 Å². The number of rotatable bonds is 3. The number of hydrogen-bond donors (Lipinski definition) is 1. The van der Waals surface area contributed by atoms with Crippen LogP contribution in [-0.2, 0) is 16.6 Å². The van der Waals surface area contributed by atoms with Crippen LogP contribution in [0.4, 0.5) is 0 Å². The van der Waals surface area contributed by atoms with Crippen molar-refractivity contribution in [2.75, 3.05) is 26.2 Å². The summed E-state index contributed by atoms with van der Waals surface area (Å²) in [4.78, 5) is 2.71. The van der Waals surface area contributed by atoms with Crippen molar-refractivity contribution < 1.29 is 13.5 Å². The van der Waals surface area contributed by atoms with E-state index in [0.29, 0.717) is 29.6 Å². The highest BCUT2D eigenvalue weighted by molar-refractivity contribution is 7.89. The van der Waals surface area contributed by atoms with Gasteiger partial charge in [-0.25, -0.2) is 8.42 Å². The zero-order chi connectivity index (χ0) is 14.9. The zero-order valence-corrected chi connectivity index (χ0v) is 12.9. The molecule has 1 unspecified atom stereocenters. The molecule has 0 amide bonds. The molecule has 21 heavy (non-hydrogen) atoms. The van der Waals surface area contributed by atoms with Gasteiger partial charge in [-0.15, -0.1) is 0 Å². The van der Waals surface area contributed by atoms with Gasteiger partial charge in [0.25, 0.3) is 0 Å². The first kappa shape index (κ1) is 15.0. The second kappa shape index (κ2) is 6.04. The molecule has 1 N–H and O–H groups in total. The van der Waals surface area contributed by atoms with Crippen LogP contribution in [0.2, 0.25) is 0 Å². The van der Waals surface area contributed by atoms with Crippen LogP contribution in [0.25, 0.3) is 0 Å². The fourth-order valence-electron chi connectivity index (χ4n) is 3.30. The maximum atomic E-state index is 12.8. The molecule has 6 heteroatoms. The van der Waals surface area contributed by atoms with Gasteiger partial charge in [0.05, 0.1) is 11.5 Å². The minimum atomic E-state index is -3.45. The van der Waals surface area contributed by atoms with Crippen molar-refractivity contribution >= 4 is 10.0 Å². The first-order chi connectivity index (χ1) is 10.1. The Labute approximate surface area is 126 Å². The minimum Gasteiger partial charge on any atom is -0.392 e. The normalized spacial score (nSPS) is 24.7. The lowest BCUT2D eigenvalue weighted by Crippen LogP contribution is -2.56. The van der Waals surface area contributed by atoms with E-state index in [4.69, 9.17) is 0 Å². The molecule has 0 aliphatic carbocycles. The summed E-state index contributed by atoms with van der Waals surface area (Å²) in [5.74, 6) is 0. The Hall–Kier alpha value is -0.950. The van der Waals surface area contributed by atoms with Gasteiger partial charge in [0, 0.05) is 25.7 Å². The third kappa shape index (κ3) is 2.99. The van der Waals surface area contributed by atoms with Gasteiger partial charge in [0.2, 0.25) is 10.0 Å². The third-order valence-electron chi connectivity index (χ3n) is 4.52.